The molecule has 1 unspecified atom stereocenters. The second-order valence-electron chi connectivity index (χ2n) is 5.12. The maximum Gasteiger partial charge on any atom is 0.310 e. The van der Waals surface area contributed by atoms with E-state index in [2.05, 4.69) is 0 Å². The zero-order valence-corrected chi connectivity index (χ0v) is 9.36. The van der Waals surface area contributed by atoms with Crippen LogP contribution in [0.1, 0.15) is 20.8 Å². The monoisotopic (exact) mass is 214 g/mol. The summed E-state index contributed by atoms with van der Waals surface area (Å²) in [6, 6.07) is -0.563. The molecule has 0 aliphatic carbocycles. The standard InChI is InChI=1S/C10H18N2O3/c1-10(2,3)7(11)8(13)12-4-6(5-12)9(14)15/h6-7H,4-5,11H2,1-3H3,(H,14,15). The number of carboxylic acid groups (broad SMARTS) is 1. The van der Waals surface area contributed by atoms with E-state index in [-0.39, 0.29) is 24.4 Å². The Kier molecular flexibility index (Phi) is 3.04. The van der Waals surface area contributed by atoms with Crippen LogP contribution >= 0.6 is 0 Å². The first-order valence-electron chi connectivity index (χ1n) is 5.00. The van der Waals surface area contributed by atoms with Gasteiger partial charge in [0.1, 0.15) is 0 Å². The fraction of sp³-hybridized carbons (Fsp3) is 0.800. The zero-order chi connectivity index (χ0) is 11.8. The molecule has 3 N–H and O–H groups in total. The van der Waals surface area contributed by atoms with E-state index < -0.39 is 17.9 Å². The number of carboxylic acids is 1. The Morgan fingerprint density at radius 2 is 1.87 bits per heavy atom. The summed E-state index contributed by atoms with van der Waals surface area (Å²) in [6.07, 6.45) is 0. The molecule has 1 atom stereocenters. The Bertz CT molecular complexity index is 277. The van der Waals surface area contributed by atoms with Gasteiger partial charge in [-0.15, -0.1) is 0 Å². The summed E-state index contributed by atoms with van der Waals surface area (Å²) in [4.78, 5) is 23.8. The molecule has 1 heterocycles. The van der Waals surface area contributed by atoms with E-state index in [1.807, 2.05) is 20.8 Å². The van der Waals surface area contributed by atoms with Crippen molar-refractivity contribution in [2.45, 2.75) is 26.8 Å². The Labute approximate surface area is 89.2 Å². The van der Waals surface area contributed by atoms with Crippen molar-refractivity contribution in [3.8, 4) is 0 Å². The summed E-state index contributed by atoms with van der Waals surface area (Å²) in [6.45, 7) is 6.26. The summed E-state index contributed by atoms with van der Waals surface area (Å²) in [7, 11) is 0. The first-order valence-corrected chi connectivity index (χ1v) is 5.00. The maximum atomic E-state index is 11.7. The lowest BCUT2D eigenvalue weighted by molar-refractivity contribution is -0.154. The van der Waals surface area contributed by atoms with Gasteiger partial charge in [-0.25, -0.2) is 0 Å². The Morgan fingerprint density at radius 3 is 2.20 bits per heavy atom. The topological polar surface area (TPSA) is 83.6 Å². The van der Waals surface area contributed by atoms with E-state index in [0.717, 1.165) is 0 Å². The predicted octanol–water partition coefficient (Wildman–Crippen LogP) is -0.0972. The van der Waals surface area contributed by atoms with Crippen LogP contribution in [0.3, 0.4) is 0 Å². The molecule has 1 aliphatic rings. The first kappa shape index (κ1) is 12.0. The van der Waals surface area contributed by atoms with Gasteiger partial charge in [0.25, 0.3) is 0 Å². The third kappa shape index (κ3) is 2.47. The fourth-order valence-electron chi connectivity index (χ4n) is 1.38. The molecule has 5 heteroatoms. The van der Waals surface area contributed by atoms with Gasteiger partial charge in [0.15, 0.2) is 0 Å². The number of hydrogen-bond donors (Lipinski definition) is 2. The van der Waals surface area contributed by atoms with Crippen molar-refractivity contribution in [3.63, 3.8) is 0 Å². The summed E-state index contributed by atoms with van der Waals surface area (Å²) >= 11 is 0. The number of likely N-dealkylation sites (tertiary alicyclic amines) is 1. The van der Waals surface area contributed by atoms with E-state index in [1.54, 1.807) is 0 Å². The van der Waals surface area contributed by atoms with Crippen molar-refractivity contribution in [3.05, 3.63) is 0 Å². The van der Waals surface area contributed by atoms with Crippen LogP contribution in [0, 0.1) is 11.3 Å². The van der Waals surface area contributed by atoms with Crippen molar-refractivity contribution in [1.29, 1.82) is 0 Å². The highest BCUT2D eigenvalue weighted by molar-refractivity contribution is 5.85. The van der Waals surface area contributed by atoms with Gasteiger partial charge in [0.05, 0.1) is 12.0 Å². The molecule has 86 valence electrons. The Balaban J connectivity index is 2.48. The largest absolute Gasteiger partial charge is 0.481 e. The number of hydrogen-bond acceptors (Lipinski definition) is 3. The maximum absolute atomic E-state index is 11.7. The molecule has 5 nitrogen and oxygen atoms in total. The number of carbonyl (C=O) groups excluding carboxylic acids is 1. The lowest BCUT2D eigenvalue weighted by Crippen LogP contribution is -2.59. The molecule has 0 radical (unpaired) electrons. The SMILES string of the molecule is CC(C)(C)C(N)C(=O)N1CC(C(=O)O)C1. The predicted molar refractivity (Wildman–Crippen MR) is 55.1 cm³/mol. The van der Waals surface area contributed by atoms with Gasteiger partial charge in [-0.1, -0.05) is 20.8 Å². The summed E-state index contributed by atoms with van der Waals surface area (Å²) in [5.41, 5.74) is 5.50. The molecule has 1 aliphatic heterocycles. The normalized spacial score (nSPS) is 19.6. The minimum absolute atomic E-state index is 0.153. The fourth-order valence-corrected chi connectivity index (χ4v) is 1.38. The van der Waals surface area contributed by atoms with Gasteiger partial charge in [0.2, 0.25) is 5.91 Å². The van der Waals surface area contributed by atoms with Crippen molar-refractivity contribution in [1.82, 2.24) is 4.90 Å². The van der Waals surface area contributed by atoms with Crippen LogP contribution in [0.25, 0.3) is 0 Å². The second-order valence-corrected chi connectivity index (χ2v) is 5.12. The van der Waals surface area contributed by atoms with Crippen LogP contribution in [0.4, 0.5) is 0 Å². The average molecular weight is 214 g/mol. The second kappa shape index (κ2) is 3.81. The number of aliphatic carboxylic acids is 1. The molecule has 1 rings (SSSR count). The minimum Gasteiger partial charge on any atom is -0.481 e. The number of nitrogens with two attached hydrogens (primary N) is 1. The molecule has 0 saturated carbocycles. The zero-order valence-electron chi connectivity index (χ0n) is 9.36. The lowest BCUT2D eigenvalue weighted by Gasteiger charge is -2.40. The van der Waals surface area contributed by atoms with Crippen molar-refractivity contribution >= 4 is 11.9 Å². The third-order valence-corrected chi connectivity index (χ3v) is 2.74. The third-order valence-electron chi connectivity index (χ3n) is 2.74. The van der Waals surface area contributed by atoms with E-state index in [1.165, 1.54) is 4.90 Å². The minimum atomic E-state index is -0.844. The lowest BCUT2D eigenvalue weighted by atomic mass is 9.85. The van der Waals surface area contributed by atoms with Crippen LogP contribution in [0.15, 0.2) is 0 Å². The molecule has 1 saturated heterocycles. The number of nitrogens with zero attached hydrogens (tertiary/aromatic N) is 1. The highest BCUT2D eigenvalue weighted by Crippen LogP contribution is 2.23. The van der Waals surface area contributed by atoms with Gasteiger partial charge in [-0.2, -0.15) is 0 Å². The Hall–Kier alpha value is -1.10. The van der Waals surface area contributed by atoms with Gasteiger partial charge in [-0.3, -0.25) is 9.59 Å². The molecule has 1 fully saturated rings. The van der Waals surface area contributed by atoms with Crippen molar-refractivity contribution < 1.29 is 14.7 Å². The van der Waals surface area contributed by atoms with Gasteiger partial charge >= 0.3 is 5.97 Å². The molecule has 1 amide bonds. The molecule has 15 heavy (non-hydrogen) atoms. The quantitative estimate of drug-likeness (QED) is 0.672. The molecule has 0 spiro atoms. The van der Waals surface area contributed by atoms with E-state index >= 15 is 0 Å². The Morgan fingerprint density at radius 1 is 1.40 bits per heavy atom. The van der Waals surface area contributed by atoms with E-state index in [4.69, 9.17) is 10.8 Å². The molecule has 0 aromatic heterocycles. The molecule has 0 aromatic rings. The van der Waals surface area contributed by atoms with Crippen LogP contribution < -0.4 is 5.73 Å². The van der Waals surface area contributed by atoms with Crippen LogP contribution in [-0.2, 0) is 9.59 Å². The van der Waals surface area contributed by atoms with Crippen LogP contribution in [0.5, 0.6) is 0 Å². The van der Waals surface area contributed by atoms with Gasteiger partial charge in [-0.05, 0) is 5.41 Å². The van der Waals surface area contributed by atoms with Gasteiger partial charge in [0, 0.05) is 13.1 Å². The van der Waals surface area contributed by atoms with Gasteiger partial charge < -0.3 is 15.7 Å². The van der Waals surface area contributed by atoms with Crippen LogP contribution in [-0.4, -0.2) is 41.0 Å². The van der Waals surface area contributed by atoms with Crippen molar-refractivity contribution in [2.24, 2.45) is 17.1 Å². The highest BCUT2D eigenvalue weighted by atomic mass is 16.4. The average Bonchev–Trinajstić information content (AvgIpc) is 1.97. The summed E-state index contributed by atoms with van der Waals surface area (Å²) in [5.74, 6) is -1.41. The molecule has 0 bridgehead atoms. The van der Waals surface area contributed by atoms with Crippen molar-refractivity contribution in [2.75, 3.05) is 13.1 Å². The first-order chi connectivity index (χ1) is 6.73. The smallest absolute Gasteiger partial charge is 0.310 e. The molecular formula is C10H18N2O3. The molecule has 0 aromatic carbocycles. The summed E-state index contributed by atoms with van der Waals surface area (Å²) < 4.78 is 0. The highest BCUT2D eigenvalue weighted by Gasteiger charge is 2.40. The van der Waals surface area contributed by atoms with Crippen LogP contribution in [0.2, 0.25) is 0 Å². The number of rotatable bonds is 2. The molecular weight excluding hydrogens is 196 g/mol. The van der Waals surface area contributed by atoms with E-state index in [0.29, 0.717) is 0 Å². The summed E-state index contributed by atoms with van der Waals surface area (Å²) in [5, 5.41) is 8.66. The number of amides is 1. The number of carbonyl (C=O) groups is 2. The van der Waals surface area contributed by atoms with E-state index in [9.17, 15) is 9.59 Å².